The van der Waals surface area contributed by atoms with Crippen molar-refractivity contribution in [3.8, 4) is 0 Å². The van der Waals surface area contributed by atoms with Gasteiger partial charge in [-0.3, -0.25) is 9.52 Å². The van der Waals surface area contributed by atoms with E-state index in [0.717, 1.165) is 0 Å². The summed E-state index contributed by atoms with van der Waals surface area (Å²) < 4.78 is 25.8. The van der Waals surface area contributed by atoms with Crippen molar-refractivity contribution in [2.45, 2.75) is 19.8 Å². The molecule has 1 rings (SSSR count). The van der Waals surface area contributed by atoms with E-state index in [0.29, 0.717) is 16.3 Å². The van der Waals surface area contributed by atoms with Crippen LogP contribution < -0.4 is 4.72 Å². The molecule has 0 atom stereocenters. The second kappa shape index (κ2) is 6.06. The summed E-state index contributed by atoms with van der Waals surface area (Å²) >= 11 is 5.76. The van der Waals surface area contributed by atoms with Gasteiger partial charge in [0.25, 0.3) is 0 Å². The second-order valence-corrected chi connectivity index (χ2v) is 6.16. The maximum absolute atomic E-state index is 11.7. The predicted octanol–water partition coefficient (Wildman–Crippen LogP) is 2.25. The van der Waals surface area contributed by atoms with Gasteiger partial charge in [-0.1, -0.05) is 11.6 Å². The van der Waals surface area contributed by atoms with E-state index in [2.05, 4.69) is 4.72 Å². The van der Waals surface area contributed by atoms with Crippen LogP contribution in [0.5, 0.6) is 0 Å². The molecular formula is C11H14ClNO4S. The number of aliphatic carboxylic acids is 1. The van der Waals surface area contributed by atoms with Crippen LogP contribution in [0.2, 0.25) is 5.02 Å². The van der Waals surface area contributed by atoms with Crippen molar-refractivity contribution in [2.24, 2.45) is 0 Å². The summed E-state index contributed by atoms with van der Waals surface area (Å²) in [5.41, 5.74) is 1.17. The smallest absolute Gasteiger partial charge is 0.303 e. The minimum absolute atomic E-state index is 0.0807. The standard InChI is InChI=1S/C11H14ClNO4S/c1-8-7-9(12)4-5-10(8)13-18(16,17)6-2-3-11(14)15/h4-5,7,13H,2-3,6H2,1H3,(H,14,15). The van der Waals surface area contributed by atoms with Crippen molar-refractivity contribution in [3.63, 3.8) is 0 Å². The monoisotopic (exact) mass is 291 g/mol. The number of hydrogen-bond donors (Lipinski definition) is 2. The van der Waals surface area contributed by atoms with Crippen molar-refractivity contribution in [2.75, 3.05) is 10.5 Å². The number of aryl methyl sites for hydroxylation is 1. The number of rotatable bonds is 6. The molecule has 0 aromatic heterocycles. The van der Waals surface area contributed by atoms with Crippen LogP contribution in [-0.4, -0.2) is 25.2 Å². The van der Waals surface area contributed by atoms with E-state index < -0.39 is 16.0 Å². The van der Waals surface area contributed by atoms with Gasteiger partial charge < -0.3 is 5.11 Å². The summed E-state index contributed by atoms with van der Waals surface area (Å²) in [7, 11) is -3.52. The maximum atomic E-state index is 11.7. The third kappa shape index (κ3) is 4.93. The highest BCUT2D eigenvalue weighted by atomic mass is 35.5. The Morgan fingerprint density at radius 1 is 1.44 bits per heavy atom. The number of nitrogens with one attached hydrogen (secondary N) is 1. The van der Waals surface area contributed by atoms with Gasteiger partial charge in [0.05, 0.1) is 11.4 Å². The zero-order chi connectivity index (χ0) is 13.8. The van der Waals surface area contributed by atoms with Crippen molar-refractivity contribution in [1.29, 1.82) is 0 Å². The second-order valence-electron chi connectivity index (χ2n) is 3.88. The first-order valence-electron chi connectivity index (χ1n) is 5.28. The molecular weight excluding hydrogens is 278 g/mol. The lowest BCUT2D eigenvalue weighted by atomic mass is 10.2. The summed E-state index contributed by atoms with van der Waals surface area (Å²) in [5, 5.41) is 8.97. The molecule has 0 amide bonds. The number of carboxylic acids is 1. The molecule has 18 heavy (non-hydrogen) atoms. The average Bonchev–Trinajstić information content (AvgIpc) is 2.21. The molecule has 0 saturated carbocycles. The highest BCUT2D eigenvalue weighted by molar-refractivity contribution is 7.92. The molecule has 100 valence electrons. The molecule has 0 radical (unpaired) electrons. The number of sulfonamides is 1. The molecule has 0 fully saturated rings. The van der Waals surface area contributed by atoms with Gasteiger partial charge in [0.2, 0.25) is 10.0 Å². The Morgan fingerprint density at radius 2 is 2.11 bits per heavy atom. The largest absolute Gasteiger partial charge is 0.481 e. The van der Waals surface area contributed by atoms with E-state index in [4.69, 9.17) is 16.7 Å². The molecule has 7 heteroatoms. The van der Waals surface area contributed by atoms with E-state index in [1.807, 2.05) is 0 Å². The van der Waals surface area contributed by atoms with Gasteiger partial charge in [-0.05, 0) is 37.1 Å². The van der Waals surface area contributed by atoms with Crippen LogP contribution in [0.1, 0.15) is 18.4 Å². The molecule has 0 bridgehead atoms. The minimum atomic E-state index is -3.52. The molecule has 0 heterocycles. The lowest BCUT2D eigenvalue weighted by Gasteiger charge is -2.10. The molecule has 1 aromatic rings. The molecule has 0 unspecified atom stereocenters. The Balaban J connectivity index is 2.67. The summed E-state index contributed by atoms with van der Waals surface area (Å²) in [6.07, 6.45) is -0.0855. The number of carboxylic acid groups (broad SMARTS) is 1. The van der Waals surface area contributed by atoms with Crippen LogP contribution in [0.25, 0.3) is 0 Å². The fourth-order valence-electron chi connectivity index (χ4n) is 1.37. The van der Waals surface area contributed by atoms with Gasteiger partial charge in [-0.2, -0.15) is 0 Å². The normalized spacial score (nSPS) is 11.2. The van der Waals surface area contributed by atoms with E-state index >= 15 is 0 Å². The lowest BCUT2D eigenvalue weighted by molar-refractivity contribution is -0.137. The Kier molecular flexibility index (Phi) is 4.98. The summed E-state index contributed by atoms with van der Waals surface area (Å²) in [6.45, 7) is 1.74. The first-order chi connectivity index (χ1) is 8.30. The predicted molar refractivity (Wildman–Crippen MR) is 70.5 cm³/mol. The van der Waals surface area contributed by atoms with E-state index in [-0.39, 0.29) is 18.6 Å². The SMILES string of the molecule is Cc1cc(Cl)ccc1NS(=O)(=O)CCCC(=O)O. The highest BCUT2D eigenvalue weighted by Crippen LogP contribution is 2.20. The van der Waals surface area contributed by atoms with Crippen molar-refractivity contribution in [1.82, 2.24) is 0 Å². The van der Waals surface area contributed by atoms with E-state index in [9.17, 15) is 13.2 Å². The topological polar surface area (TPSA) is 83.5 Å². The van der Waals surface area contributed by atoms with Crippen LogP contribution in [0.15, 0.2) is 18.2 Å². The number of carbonyl (C=O) groups is 1. The van der Waals surface area contributed by atoms with Crippen molar-refractivity contribution >= 4 is 33.3 Å². The lowest BCUT2D eigenvalue weighted by Crippen LogP contribution is -2.18. The zero-order valence-electron chi connectivity index (χ0n) is 9.81. The van der Waals surface area contributed by atoms with Crippen LogP contribution >= 0.6 is 11.6 Å². The Morgan fingerprint density at radius 3 is 2.67 bits per heavy atom. The summed E-state index contributed by atoms with van der Waals surface area (Å²) in [4.78, 5) is 10.3. The molecule has 2 N–H and O–H groups in total. The quantitative estimate of drug-likeness (QED) is 0.842. The van der Waals surface area contributed by atoms with Crippen LogP contribution in [0.4, 0.5) is 5.69 Å². The van der Waals surface area contributed by atoms with Gasteiger partial charge in [0, 0.05) is 11.4 Å². The Labute approximate surface area is 111 Å². The maximum Gasteiger partial charge on any atom is 0.303 e. The van der Waals surface area contributed by atoms with Crippen molar-refractivity contribution < 1.29 is 18.3 Å². The minimum Gasteiger partial charge on any atom is -0.481 e. The molecule has 5 nitrogen and oxygen atoms in total. The fraction of sp³-hybridized carbons (Fsp3) is 0.364. The first kappa shape index (κ1) is 14.8. The van der Waals surface area contributed by atoms with Crippen LogP contribution in [0, 0.1) is 6.92 Å². The fourth-order valence-corrected chi connectivity index (χ4v) is 2.79. The van der Waals surface area contributed by atoms with E-state index in [1.165, 1.54) is 0 Å². The molecule has 0 saturated heterocycles. The summed E-state index contributed by atoms with van der Waals surface area (Å²) in [6, 6.07) is 4.81. The van der Waals surface area contributed by atoms with Gasteiger partial charge in [0.15, 0.2) is 0 Å². The molecule has 1 aromatic carbocycles. The third-order valence-electron chi connectivity index (χ3n) is 2.26. The zero-order valence-corrected chi connectivity index (χ0v) is 11.4. The van der Waals surface area contributed by atoms with Gasteiger partial charge >= 0.3 is 5.97 Å². The van der Waals surface area contributed by atoms with Gasteiger partial charge in [-0.15, -0.1) is 0 Å². The number of benzene rings is 1. The van der Waals surface area contributed by atoms with Gasteiger partial charge in [-0.25, -0.2) is 8.42 Å². The molecule has 0 aliphatic heterocycles. The highest BCUT2D eigenvalue weighted by Gasteiger charge is 2.12. The summed E-state index contributed by atoms with van der Waals surface area (Å²) in [5.74, 6) is -1.23. The van der Waals surface area contributed by atoms with E-state index in [1.54, 1.807) is 25.1 Å². The number of hydrogen-bond acceptors (Lipinski definition) is 3. The van der Waals surface area contributed by atoms with Crippen LogP contribution in [0.3, 0.4) is 0 Å². The number of halogens is 1. The van der Waals surface area contributed by atoms with Gasteiger partial charge in [0.1, 0.15) is 0 Å². The first-order valence-corrected chi connectivity index (χ1v) is 7.31. The molecule has 0 aliphatic carbocycles. The average molecular weight is 292 g/mol. The number of anilines is 1. The Bertz CT molecular complexity index is 542. The molecule has 0 aliphatic rings. The van der Waals surface area contributed by atoms with Crippen molar-refractivity contribution in [3.05, 3.63) is 28.8 Å². The molecule has 0 spiro atoms. The Hall–Kier alpha value is -1.27. The third-order valence-corrected chi connectivity index (χ3v) is 3.85. The van der Waals surface area contributed by atoms with Crippen LogP contribution in [-0.2, 0) is 14.8 Å².